The van der Waals surface area contributed by atoms with Crippen LogP contribution in [0.4, 0.5) is 13.2 Å². The van der Waals surface area contributed by atoms with Gasteiger partial charge in [-0.15, -0.1) is 0 Å². The highest BCUT2D eigenvalue weighted by Crippen LogP contribution is 2.38. The van der Waals surface area contributed by atoms with Crippen LogP contribution in [0, 0.1) is 5.92 Å². The third-order valence-corrected chi connectivity index (χ3v) is 4.56. The fourth-order valence-corrected chi connectivity index (χ4v) is 3.01. The fourth-order valence-electron chi connectivity index (χ4n) is 2.79. The molecule has 0 saturated heterocycles. The topological polar surface area (TPSA) is 75.6 Å². The molecule has 3 rings (SSSR count). The number of carbonyl (C=O) groups excluding carboxylic acids is 1. The number of fused-ring (bicyclic) bond motifs is 1. The smallest absolute Gasteiger partial charge is 0.416 e. The molecule has 2 N–H and O–H groups in total. The quantitative estimate of drug-likeness (QED) is 0.784. The van der Waals surface area contributed by atoms with Crippen LogP contribution in [0.5, 0.6) is 11.5 Å². The van der Waals surface area contributed by atoms with Crippen molar-refractivity contribution < 1.29 is 32.6 Å². The van der Waals surface area contributed by atoms with E-state index in [0.717, 1.165) is 18.2 Å². The van der Waals surface area contributed by atoms with Gasteiger partial charge < -0.3 is 15.2 Å². The SMILES string of the molecule is CC(C(=O)O)C1NC(=O)c2cc(Oc3ccc(C(F)(F)F)cc3Cl)ccc21. The van der Waals surface area contributed by atoms with Crippen molar-refractivity contribution in [3.05, 3.63) is 58.1 Å². The summed E-state index contributed by atoms with van der Waals surface area (Å²) in [6.07, 6.45) is -4.52. The van der Waals surface area contributed by atoms with Crippen LogP contribution < -0.4 is 10.1 Å². The normalized spacial score (nSPS) is 17.2. The van der Waals surface area contributed by atoms with Gasteiger partial charge in [-0.05, 0) is 42.8 Å². The molecule has 9 heteroatoms. The standard InChI is InChI=1S/C18H13ClF3NO4/c1-8(17(25)26)15-11-4-3-10(7-12(11)16(24)23-15)27-14-5-2-9(6-13(14)19)18(20,21)22/h2-8,15H,1H3,(H,23,24)(H,25,26). The van der Waals surface area contributed by atoms with Crippen LogP contribution in [-0.4, -0.2) is 17.0 Å². The predicted molar refractivity (Wildman–Crippen MR) is 90.0 cm³/mol. The monoisotopic (exact) mass is 399 g/mol. The number of alkyl halides is 3. The predicted octanol–water partition coefficient (Wildman–Crippen LogP) is 4.66. The number of aliphatic carboxylic acids is 1. The molecule has 2 unspecified atom stereocenters. The lowest BCUT2D eigenvalue weighted by atomic mass is 9.95. The Hall–Kier alpha value is -2.74. The highest BCUT2D eigenvalue weighted by atomic mass is 35.5. The van der Waals surface area contributed by atoms with E-state index in [1.807, 2.05) is 0 Å². The number of hydrogen-bond donors (Lipinski definition) is 2. The molecule has 1 heterocycles. The van der Waals surface area contributed by atoms with E-state index in [1.54, 1.807) is 6.07 Å². The molecule has 0 radical (unpaired) electrons. The summed E-state index contributed by atoms with van der Waals surface area (Å²) >= 11 is 5.86. The molecule has 1 aliphatic heterocycles. The van der Waals surface area contributed by atoms with Crippen LogP contribution in [0.1, 0.15) is 34.5 Å². The number of carboxylic acid groups (broad SMARTS) is 1. The zero-order valence-electron chi connectivity index (χ0n) is 13.8. The number of halogens is 4. The lowest BCUT2D eigenvalue weighted by Crippen LogP contribution is -2.28. The number of benzene rings is 2. The minimum Gasteiger partial charge on any atom is -0.481 e. The lowest BCUT2D eigenvalue weighted by Gasteiger charge is -2.16. The molecule has 2 atom stereocenters. The van der Waals surface area contributed by atoms with E-state index >= 15 is 0 Å². The largest absolute Gasteiger partial charge is 0.481 e. The third-order valence-electron chi connectivity index (χ3n) is 4.27. The highest BCUT2D eigenvalue weighted by Gasteiger charge is 2.36. The van der Waals surface area contributed by atoms with Crippen molar-refractivity contribution in [1.82, 2.24) is 5.32 Å². The summed E-state index contributed by atoms with van der Waals surface area (Å²) in [5.41, 5.74) is -0.145. The molecule has 2 aromatic carbocycles. The Kier molecular flexibility index (Phi) is 4.77. The Morgan fingerprint density at radius 1 is 1.26 bits per heavy atom. The van der Waals surface area contributed by atoms with Crippen LogP contribution >= 0.6 is 11.6 Å². The summed E-state index contributed by atoms with van der Waals surface area (Å²) < 4.78 is 43.6. The molecular formula is C18H13ClF3NO4. The minimum atomic E-state index is -4.52. The van der Waals surface area contributed by atoms with Crippen molar-refractivity contribution >= 4 is 23.5 Å². The summed E-state index contributed by atoms with van der Waals surface area (Å²) in [5.74, 6) is -2.14. The van der Waals surface area contributed by atoms with E-state index in [4.69, 9.17) is 21.4 Å². The summed E-state index contributed by atoms with van der Waals surface area (Å²) in [7, 11) is 0. The molecule has 0 aromatic heterocycles. The van der Waals surface area contributed by atoms with Gasteiger partial charge in [-0.2, -0.15) is 13.2 Å². The fraction of sp³-hybridized carbons (Fsp3) is 0.222. The Morgan fingerprint density at radius 3 is 2.56 bits per heavy atom. The van der Waals surface area contributed by atoms with E-state index < -0.39 is 35.6 Å². The minimum absolute atomic E-state index is 0.00141. The van der Waals surface area contributed by atoms with Crippen molar-refractivity contribution in [3.63, 3.8) is 0 Å². The molecule has 0 aliphatic carbocycles. The molecule has 27 heavy (non-hydrogen) atoms. The Labute approximate surface area is 156 Å². The van der Waals surface area contributed by atoms with E-state index in [1.165, 1.54) is 19.1 Å². The number of carboxylic acids is 1. The number of amides is 1. The molecule has 1 aliphatic rings. The van der Waals surface area contributed by atoms with Crippen molar-refractivity contribution in [3.8, 4) is 11.5 Å². The van der Waals surface area contributed by atoms with Gasteiger partial charge in [0, 0.05) is 5.56 Å². The van der Waals surface area contributed by atoms with E-state index in [-0.39, 0.29) is 22.1 Å². The molecule has 5 nitrogen and oxygen atoms in total. The zero-order valence-corrected chi connectivity index (χ0v) is 14.6. The lowest BCUT2D eigenvalue weighted by molar-refractivity contribution is -0.142. The maximum atomic E-state index is 12.7. The first-order valence-electron chi connectivity index (χ1n) is 7.80. The first kappa shape index (κ1) is 19.0. The van der Waals surface area contributed by atoms with Gasteiger partial charge >= 0.3 is 12.1 Å². The summed E-state index contributed by atoms with van der Waals surface area (Å²) in [4.78, 5) is 23.3. The average Bonchev–Trinajstić information content (AvgIpc) is 2.91. The first-order valence-corrected chi connectivity index (χ1v) is 8.18. The van der Waals surface area contributed by atoms with E-state index in [2.05, 4.69) is 5.32 Å². The van der Waals surface area contributed by atoms with Crippen molar-refractivity contribution in [2.24, 2.45) is 5.92 Å². The maximum absolute atomic E-state index is 12.7. The molecular weight excluding hydrogens is 387 g/mol. The maximum Gasteiger partial charge on any atom is 0.416 e. The second kappa shape index (κ2) is 6.77. The van der Waals surface area contributed by atoms with Gasteiger partial charge in [-0.3, -0.25) is 9.59 Å². The molecule has 0 spiro atoms. The van der Waals surface area contributed by atoms with Crippen molar-refractivity contribution in [1.29, 1.82) is 0 Å². The summed E-state index contributed by atoms with van der Waals surface area (Å²) in [6.45, 7) is 1.48. The van der Waals surface area contributed by atoms with Crippen LogP contribution in [0.15, 0.2) is 36.4 Å². The molecule has 142 valence electrons. The Morgan fingerprint density at radius 2 is 1.96 bits per heavy atom. The number of rotatable bonds is 4. The van der Waals surface area contributed by atoms with Gasteiger partial charge in [0.2, 0.25) is 0 Å². The second-order valence-electron chi connectivity index (χ2n) is 6.07. The van der Waals surface area contributed by atoms with Crippen molar-refractivity contribution in [2.45, 2.75) is 19.1 Å². The molecule has 0 saturated carbocycles. The van der Waals surface area contributed by atoms with Crippen LogP contribution in [0.25, 0.3) is 0 Å². The summed E-state index contributed by atoms with van der Waals surface area (Å²) in [5, 5.41) is 11.5. The van der Waals surface area contributed by atoms with Gasteiger partial charge in [0.1, 0.15) is 11.5 Å². The number of nitrogens with one attached hydrogen (secondary N) is 1. The average molecular weight is 400 g/mol. The van der Waals surface area contributed by atoms with Gasteiger partial charge in [-0.1, -0.05) is 17.7 Å². The number of hydrogen-bond acceptors (Lipinski definition) is 3. The van der Waals surface area contributed by atoms with Crippen molar-refractivity contribution in [2.75, 3.05) is 0 Å². The molecule has 0 bridgehead atoms. The molecule has 0 fully saturated rings. The van der Waals surface area contributed by atoms with Crippen LogP contribution in [-0.2, 0) is 11.0 Å². The Bertz CT molecular complexity index is 929. The molecule has 1 amide bonds. The van der Waals surface area contributed by atoms with Gasteiger partial charge in [0.05, 0.1) is 22.5 Å². The Balaban J connectivity index is 1.88. The van der Waals surface area contributed by atoms with Gasteiger partial charge in [0.15, 0.2) is 0 Å². The second-order valence-corrected chi connectivity index (χ2v) is 6.48. The van der Waals surface area contributed by atoms with E-state index in [0.29, 0.717) is 5.56 Å². The molecule has 2 aromatic rings. The summed E-state index contributed by atoms with van der Waals surface area (Å²) in [6, 6.07) is 6.45. The van der Waals surface area contributed by atoms with E-state index in [9.17, 15) is 22.8 Å². The number of ether oxygens (including phenoxy) is 1. The number of carbonyl (C=O) groups is 2. The van der Waals surface area contributed by atoms with Gasteiger partial charge in [-0.25, -0.2) is 0 Å². The van der Waals surface area contributed by atoms with Crippen LogP contribution in [0.3, 0.4) is 0 Å². The zero-order chi connectivity index (χ0) is 19.9. The van der Waals surface area contributed by atoms with Crippen LogP contribution in [0.2, 0.25) is 5.02 Å². The van der Waals surface area contributed by atoms with Gasteiger partial charge in [0.25, 0.3) is 5.91 Å². The third kappa shape index (κ3) is 3.71. The highest BCUT2D eigenvalue weighted by molar-refractivity contribution is 6.32. The first-order chi connectivity index (χ1) is 12.6.